The first kappa shape index (κ1) is 9.32. The van der Waals surface area contributed by atoms with Crippen LogP contribution in [0.1, 0.15) is 19.3 Å². The second-order valence-electron chi connectivity index (χ2n) is 4.08. The summed E-state index contributed by atoms with van der Waals surface area (Å²) < 4.78 is 0. The molecule has 0 spiro atoms. The van der Waals surface area contributed by atoms with Crippen molar-refractivity contribution in [1.82, 2.24) is 0 Å². The van der Waals surface area contributed by atoms with Gasteiger partial charge < -0.3 is 30.6 Å². The predicted molar refractivity (Wildman–Crippen MR) is 38.1 cm³/mol. The first-order chi connectivity index (χ1) is 5.66. The number of aliphatic hydroxyl groups is 6. The van der Waals surface area contributed by atoms with Crippen LogP contribution in [0, 0.1) is 0 Å². The Morgan fingerprint density at radius 3 is 1.08 bits per heavy atom. The van der Waals surface area contributed by atoms with Crippen molar-refractivity contribution in [3.63, 3.8) is 0 Å². The van der Waals surface area contributed by atoms with Gasteiger partial charge in [0.05, 0.1) is 0 Å². The van der Waals surface area contributed by atoms with Crippen LogP contribution in [0.4, 0.5) is 0 Å². The first-order valence-corrected chi connectivity index (χ1v) is 4.01. The van der Waals surface area contributed by atoms with E-state index in [-0.39, 0.29) is 12.8 Å². The minimum absolute atomic E-state index is 0.0701. The topological polar surface area (TPSA) is 121 Å². The highest BCUT2D eigenvalue weighted by atomic mass is 16.6. The Hall–Kier alpha value is -0.240. The van der Waals surface area contributed by atoms with Crippen LogP contribution in [0.3, 0.4) is 0 Å². The second-order valence-corrected chi connectivity index (χ2v) is 4.08. The third-order valence-corrected chi connectivity index (χ3v) is 3.32. The molecule has 2 aliphatic carbocycles. The van der Waals surface area contributed by atoms with E-state index < -0.39 is 29.2 Å². The third kappa shape index (κ3) is 0.709. The normalized spacial score (nSPS) is 51.2. The summed E-state index contributed by atoms with van der Waals surface area (Å²) in [6.45, 7) is 0. The molecule has 6 N–H and O–H groups in total. The number of hydrogen-bond acceptors (Lipinski definition) is 6. The van der Waals surface area contributed by atoms with Gasteiger partial charge in [-0.15, -0.1) is 0 Å². The Morgan fingerprint density at radius 1 is 0.615 bits per heavy atom. The molecule has 0 aromatic carbocycles. The number of rotatable bonds is 0. The van der Waals surface area contributed by atoms with Crippen molar-refractivity contribution in [2.45, 2.75) is 42.0 Å². The van der Waals surface area contributed by atoms with Gasteiger partial charge in [-0.3, -0.25) is 0 Å². The Morgan fingerprint density at radius 2 is 0.923 bits per heavy atom. The molecule has 76 valence electrons. The second kappa shape index (κ2) is 1.90. The van der Waals surface area contributed by atoms with Gasteiger partial charge in [0.15, 0.2) is 0 Å². The van der Waals surface area contributed by atoms with Gasteiger partial charge in [0.2, 0.25) is 0 Å². The molecule has 13 heavy (non-hydrogen) atoms. The molecule has 2 rings (SSSR count). The fourth-order valence-electron chi connectivity index (χ4n) is 2.32. The summed E-state index contributed by atoms with van der Waals surface area (Å²) in [4.78, 5) is 0. The zero-order chi connectivity index (χ0) is 10.1. The standard InChI is InChI=1S/C7H12O6/c8-4-1-2-5(9,3-4)7(12,13)6(4,10)11/h8-13H,1-3H2. The van der Waals surface area contributed by atoms with Gasteiger partial charge in [-0.1, -0.05) is 0 Å². The molecule has 2 bridgehead atoms. The molecule has 2 atom stereocenters. The molecule has 0 saturated heterocycles. The van der Waals surface area contributed by atoms with E-state index in [2.05, 4.69) is 0 Å². The zero-order valence-electron chi connectivity index (χ0n) is 6.80. The van der Waals surface area contributed by atoms with Gasteiger partial charge in [0.25, 0.3) is 11.6 Å². The monoisotopic (exact) mass is 192 g/mol. The van der Waals surface area contributed by atoms with Gasteiger partial charge in [-0.2, -0.15) is 0 Å². The van der Waals surface area contributed by atoms with Gasteiger partial charge in [-0.25, -0.2) is 0 Å². The van der Waals surface area contributed by atoms with E-state index in [4.69, 9.17) is 0 Å². The van der Waals surface area contributed by atoms with Crippen molar-refractivity contribution >= 4 is 0 Å². The highest BCUT2D eigenvalue weighted by Gasteiger charge is 2.81. The van der Waals surface area contributed by atoms with E-state index in [0.717, 1.165) is 0 Å². The minimum Gasteiger partial charge on any atom is -0.384 e. The van der Waals surface area contributed by atoms with Gasteiger partial charge in [-0.05, 0) is 12.8 Å². The average Bonchev–Trinajstić information content (AvgIpc) is 2.33. The lowest BCUT2D eigenvalue weighted by Gasteiger charge is -2.44. The van der Waals surface area contributed by atoms with Crippen LogP contribution in [0.2, 0.25) is 0 Å². The lowest BCUT2D eigenvalue weighted by atomic mass is 9.83. The Kier molecular flexibility index (Phi) is 1.36. The molecule has 0 aliphatic heterocycles. The summed E-state index contributed by atoms with van der Waals surface area (Å²) >= 11 is 0. The van der Waals surface area contributed by atoms with Gasteiger partial charge in [0, 0.05) is 6.42 Å². The molecule has 6 nitrogen and oxygen atoms in total. The van der Waals surface area contributed by atoms with Crippen LogP contribution in [0.5, 0.6) is 0 Å². The molecule has 2 saturated carbocycles. The highest BCUT2D eigenvalue weighted by Crippen LogP contribution is 2.59. The summed E-state index contributed by atoms with van der Waals surface area (Å²) in [7, 11) is 0. The highest BCUT2D eigenvalue weighted by molar-refractivity contribution is 5.23. The minimum atomic E-state index is -3.08. The SMILES string of the molecule is OC12CCC(O)(C1)C(O)(O)C2(O)O. The molecule has 0 aromatic heterocycles. The summed E-state index contributed by atoms with van der Waals surface area (Å²) in [5.74, 6) is -6.15. The van der Waals surface area contributed by atoms with Crippen molar-refractivity contribution in [2.75, 3.05) is 0 Å². The van der Waals surface area contributed by atoms with E-state index in [1.54, 1.807) is 0 Å². The quantitative estimate of drug-likeness (QED) is 0.228. The van der Waals surface area contributed by atoms with Crippen LogP contribution >= 0.6 is 0 Å². The Balaban J connectivity index is 2.55. The maximum atomic E-state index is 9.59. The molecule has 2 fully saturated rings. The Labute approximate surface area is 73.7 Å². The average molecular weight is 192 g/mol. The first-order valence-electron chi connectivity index (χ1n) is 4.01. The zero-order valence-corrected chi connectivity index (χ0v) is 6.80. The summed E-state index contributed by atoms with van der Waals surface area (Å²) in [5.41, 5.74) is -4.07. The van der Waals surface area contributed by atoms with E-state index in [0.29, 0.717) is 0 Å². The summed E-state index contributed by atoms with van der Waals surface area (Å²) in [6, 6.07) is 0. The van der Waals surface area contributed by atoms with E-state index in [1.807, 2.05) is 0 Å². The molecular formula is C7H12O6. The van der Waals surface area contributed by atoms with Crippen LogP contribution in [-0.4, -0.2) is 53.4 Å². The van der Waals surface area contributed by atoms with Gasteiger partial charge in [0.1, 0.15) is 11.2 Å². The third-order valence-electron chi connectivity index (χ3n) is 3.32. The summed E-state index contributed by atoms with van der Waals surface area (Å²) in [5, 5.41) is 56.3. The van der Waals surface area contributed by atoms with Crippen LogP contribution < -0.4 is 0 Å². The lowest BCUT2D eigenvalue weighted by Crippen LogP contribution is -2.69. The molecular weight excluding hydrogens is 180 g/mol. The number of hydrogen-bond donors (Lipinski definition) is 6. The Bertz CT molecular complexity index is 236. The van der Waals surface area contributed by atoms with E-state index >= 15 is 0 Å². The summed E-state index contributed by atoms with van der Waals surface area (Å²) in [6.07, 6.45) is -0.585. The van der Waals surface area contributed by atoms with Gasteiger partial charge >= 0.3 is 0 Å². The van der Waals surface area contributed by atoms with Crippen molar-refractivity contribution in [3.8, 4) is 0 Å². The largest absolute Gasteiger partial charge is 0.384 e. The maximum absolute atomic E-state index is 9.59. The molecule has 2 aliphatic rings. The van der Waals surface area contributed by atoms with Crippen molar-refractivity contribution < 1.29 is 30.6 Å². The number of fused-ring (bicyclic) bond motifs is 2. The fraction of sp³-hybridized carbons (Fsp3) is 1.00. The maximum Gasteiger partial charge on any atom is 0.251 e. The molecule has 0 amide bonds. The van der Waals surface area contributed by atoms with Crippen molar-refractivity contribution in [2.24, 2.45) is 0 Å². The molecule has 0 aromatic rings. The van der Waals surface area contributed by atoms with E-state index in [9.17, 15) is 30.6 Å². The van der Waals surface area contributed by atoms with Crippen LogP contribution in [0.15, 0.2) is 0 Å². The fourth-order valence-corrected chi connectivity index (χ4v) is 2.32. The lowest BCUT2D eigenvalue weighted by molar-refractivity contribution is -0.420. The van der Waals surface area contributed by atoms with Crippen LogP contribution in [0.25, 0.3) is 0 Å². The van der Waals surface area contributed by atoms with Crippen molar-refractivity contribution in [3.05, 3.63) is 0 Å². The molecule has 2 unspecified atom stereocenters. The molecule has 6 heteroatoms. The van der Waals surface area contributed by atoms with Crippen LogP contribution in [-0.2, 0) is 0 Å². The predicted octanol–water partition coefficient (Wildman–Crippen LogP) is -2.99. The van der Waals surface area contributed by atoms with E-state index in [1.165, 1.54) is 0 Å². The smallest absolute Gasteiger partial charge is 0.251 e. The molecule has 0 radical (unpaired) electrons. The molecule has 0 heterocycles. The van der Waals surface area contributed by atoms with Crippen molar-refractivity contribution in [1.29, 1.82) is 0 Å².